The van der Waals surface area contributed by atoms with E-state index < -0.39 is 10.0 Å². The van der Waals surface area contributed by atoms with Crippen LogP contribution in [0.15, 0.2) is 47.0 Å². The van der Waals surface area contributed by atoms with Crippen molar-refractivity contribution in [2.24, 2.45) is 10.3 Å². The molecule has 3 rings (SSSR count). The van der Waals surface area contributed by atoms with Crippen LogP contribution in [0.1, 0.15) is 30.4 Å². The number of aromatic nitrogens is 1. The van der Waals surface area contributed by atoms with Crippen LogP contribution in [-0.2, 0) is 29.4 Å². The molecule has 1 N–H and O–H groups in total. The van der Waals surface area contributed by atoms with E-state index >= 15 is 0 Å². The van der Waals surface area contributed by atoms with E-state index in [1.54, 1.807) is 19.2 Å². The fourth-order valence-corrected chi connectivity index (χ4v) is 4.45. The van der Waals surface area contributed by atoms with Crippen LogP contribution in [0, 0.1) is 5.92 Å². The molecule has 2 aromatic rings. The van der Waals surface area contributed by atoms with Gasteiger partial charge in [-0.15, -0.1) is 4.40 Å². The Bertz CT molecular complexity index is 969. The highest BCUT2D eigenvalue weighted by molar-refractivity contribution is 7.89. The van der Waals surface area contributed by atoms with Crippen molar-refractivity contribution in [2.75, 3.05) is 26.5 Å². The van der Waals surface area contributed by atoms with Gasteiger partial charge >= 0.3 is 0 Å². The molecule has 1 aliphatic rings. The number of benzene rings is 1. The molecule has 1 aliphatic carbocycles. The Morgan fingerprint density at radius 1 is 1.21 bits per heavy atom. The molecular formula is C22H31N3O3S. The van der Waals surface area contributed by atoms with Crippen molar-refractivity contribution < 1.29 is 13.2 Å². The zero-order valence-electron chi connectivity index (χ0n) is 17.3. The lowest BCUT2D eigenvalue weighted by molar-refractivity contribution is 0.382. The van der Waals surface area contributed by atoms with Crippen molar-refractivity contribution in [1.82, 2.24) is 9.88 Å². The van der Waals surface area contributed by atoms with Gasteiger partial charge in [-0.05, 0) is 80.4 Å². The van der Waals surface area contributed by atoms with Gasteiger partial charge in [0.15, 0.2) is 0 Å². The molecule has 0 saturated heterocycles. The monoisotopic (exact) mass is 417 g/mol. The number of aryl methyl sites for hydroxylation is 2. The van der Waals surface area contributed by atoms with Crippen LogP contribution in [0.3, 0.4) is 0 Å². The minimum absolute atomic E-state index is 0.484. The molecule has 0 spiro atoms. The first-order valence-corrected chi connectivity index (χ1v) is 12.1. The van der Waals surface area contributed by atoms with E-state index in [-0.39, 0.29) is 0 Å². The SMILES string of the molecule is COc1cccc2c1CC(CNCCCCn1ccccc1=NS(C)(=O)=O)CC2. The van der Waals surface area contributed by atoms with Crippen molar-refractivity contribution in [3.8, 4) is 5.75 Å². The lowest BCUT2D eigenvalue weighted by Crippen LogP contribution is -2.28. The van der Waals surface area contributed by atoms with Gasteiger partial charge in [0.1, 0.15) is 11.2 Å². The molecule has 1 aromatic carbocycles. The third-order valence-corrected chi connectivity index (χ3v) is 5.90. The quantitative estimate of drug-likeness (QED) is 0.637. The summed E-state index contributed by atoms with van der Waals surface area (Å²) in [4.78, 5) is 0. The number of pyridine rings is 1. The van der Waals surface area contributed by atoms with Crippen molar-refractivity contribution in [3.05, 3.63) is 59.2 Å². The second kappa shape index (κ2) is 10.1. The van der Waals surface area contributed by atoms with Crippen molar-refractivity contribution in [2.45, 2.75) is 38.6 Å². The number of nitrogens with one attached hydrogen (secondary N) is 1. The lowest BCUT2D eigenvalue weighted by Gasteiger charge is -2.26. The van der Waals surface area contributed by atoms with Crippen molar-refractivity contribution >= 4 is 10.0 Å². The summed E-state index contributed by atoms with van der Waals surface area (Å²) in [5.41, 5.74) is 3.28. The second-order valence-electron chi connectivity index (χ2n) is 7.69. The van der Waals surface area contributed by atoms with Gasteiger partial charge < -0.3 is 14.6 Å². The highest BCUT2D eigenvalue weighted by Gasteiger charge is 2.21. The van der Waals surface area contributed by atoms with E-state index in [0.717, 1.165) is 57.3 Å². The maximum Gasteiger partial charge on any atom is 0.252 e. The molecule has 158 valence electrons. The van der Waals surface area contributed by atoms with Gasteiger partial charge in [-0.2, -0.15) is 0 Å². The smallest absolute Gasteiger partial charge is 0.252 e. The van der Waals surface area contributed by atoms with Gasteiger partial charge in [-0.3, -0.25) is 0 Å². The molecule has 1 heterocycles. The normalized spacial score (nSPS) is 17.2. The van der Waals surface area contributed by atoms with Crippen LogP contribution in [0.2, 0.25) is 0 Å². The molecule has 7 heteroatoms. The van der Waals surface area contributed by atoms with Crippen LogP contribution < -0.4 is 15.5 Å². The maximum absolute atomic E-state index is 11.4. The van der Waals surface area contributed by atoms with Crippen LogP contribution in [0.4, 0.5) is 0 Å². The first-order chi connectivity index (χ1) is 14.0. The van der Waals surface area contributed by atoms with E-state index in [2.05, 4.69) is 27.9 Å². The van der Waals surface area contributed by atoms with Gasteiger partial charge in [-0.1, -0.05) is 18.2 Å². The first-order valence-electron chi connectivity index (χ1n) is 10.2. The Morgan fingerprint density at radius 2 is 2.07 bits per heavy atom. The average molecular weight is 418 g/mol. The number of ether oxygens (including phenoxy) is 1. The molecule has 0 radical (unpaired) electrons. The number of hydrogen-bond donors (Lipinski definition) is 1. The van der Waals surface area contributed by atoms with Crippen LogP contribution in [-0.4, -0.2) is 39.4 Å². The fraction of sp³-hybridized carbons (Fsp3) is 0.500. The minimum atomic E-state index is -3.39. The average Bonchev–Trinajstić information content (AvgIpc) is 2.70. The predicted molar refractivity (Wildman–Crippen MR) is 115 cm³/mol. The number of nitrogens with zero attached hydrogens (tertiary/aromatic N) is 2. The van der Waals surface area contributed by atoms with E-state index in [1.807, 2.05) is 16.8 Å². The molecule has 0 fully saturated rings. The highest BCUT2D eigenvalue weighted by atomic mass is 32.2. The van der Waals surface area contributed by atoms with Gasteiger partial charge in [-0.25, -0.2) is 8.42 Å². The standard InChI is InChI=1S/C22H31N3O3S/c1-28-21-9-7-8-19-12-11-18(16-20(19)21)17-23-13-4-6-15-25-14-5-3-10-22(25)24-29(2,26)27/h3,5,7-10,14,18,23H,4,6,11-13,15-17H2,1-2H3. The van der Waals surface area contributed by atoms with Gasteiger partial charge in [0, 0.05) is 12.7 Å². The van der Waals surface area contributed by atoms with Crippen molar-refractivity contribution in [1.29, 1.82) is 0 Å². The van der Waals surface area contributed by atoms with Crippen LogP contribution in [0.25, 0.3) is 0 Å². The van der Waals surface area contributed by atoms with Gasteiger partial charge in [0.2, 0.25) is 0 Å². The summed E-state index contributed by atoms with van der Waals surface area (Å²) in [7, 11) is -1.65. The first kappa shape index (κ1) is 21.6. The molecule has 1 unspecified atom stereocenters. The Hall–Kier alpha value is -2.12. The lowest BCUT2D eigenvalue weighted by atomic mass is 9.83. The summed E-state index contributed by atoms with van der Waals surface area (Å²) in [6.45, 7) is 2.73. The summed E-state index contributed by atoms with van der Waals surface area (Å²) in [5.74, 6) is 1.66. The Morgan fingerprint density at radius 3 is 2.86 bits per heavy atom. The Balaban J connectivity index is 1.42. The highest BCUT2D eigenvalue weighted by Crippen LogP contribution is 2.31. The number of sulfonamides is 1. The second-order valence-corrected chi connectivity index (χ2v) is 9.34. The molecule has 29 heavy (non-hydrogen) atoms. The fourth-order valence-electron chi connectivity index (χ4n) is 3.94. The minimum Gasteiger partial charge on any atom is -0.496 e. The number of fused-ring (bicyclic) bond motifs is 1. The van der Waals surface area contributed by atoms with E-state index in [0.29, 0.717) is 11.4 Å². The summed E-state index contributed by atoms with van der Waals surface area (Å²) in [6.07, 6.45) is 8.40. The number of methoxy groups -OCH3 is 1. The number of rotatable bonds is 9. The number of unbranched alkanes of at least 4 members (excludes halogenated alkanes) is 1. The molecular weight excluding hydrogens is 386 g/mol. The zero-order valence-corrected chi connectivity index (χ0v) is 18.1. The summed E-state index contributed by atoms with van der Waals surface area (Å²) >= 11 is 0. The largest absolute Gasteiger partial charge is 0.496 e. The molecule has 0 saturated carbocycles. The third kappa shape index (κ3) is 6.44. The van der Waals surface area contributed by atoms with Crippen LogP contribution >= 0.6 is 0 Å². The Kier molecular flexibility index (Phi) is 7.50. The Labute approximate surface area is 173 Å². The maximum atomic E-state index is 11.4. The van der Waals surface area contributed by atoms with Gasteiger partial charge in [0.05, 0.1) is 13.4 Å². The van der Waals surface area contributed by atoms with E-state index in [4.69, 9.17) is 4.74 Å². The molecule has 1 atom stereocenters. The molecule has 6 nitrogen and oxygen atoms in total. The van der Waals surface area contributed by atoms with Crippen LogP contribution in [0.5, 0.6) is 5.75 Å². The third-order valence-electron chi connectivity index (χ3n) is 5.38. The molecule has 0 aliphatic heterocycles. The molecule has 0 bridgehead atoms. The predicted octanol–water partition coefficient (Wildman–Crippen LogP) is 2.53. The molecule has 1 aromatic heterocycles. The number of hydrogen-bond acceptors (Lipinski definition) is 4. The van der Waals surface area contributed by atoms with E-state index in [1.165, 1.54) is 17.5 Å². The topological polar surface area (TPSA) is 72.7 Å². The van der Waals surface area contributed by atoms with E-state index in [9.17, 15) is 8.42 Å². The van der Waals surface area contributed by atoms with Gasteiger partial charge in [0.25, 0.3) is 10.0 Å². The summed E-state index contributed by atoms with van der Waals surface area (Å²) < 4.78 is 34.1. The molecule has 0 amide bonds. The summed E-state index contributed by atoms with van der Waals surface area (Å²) in [5, 5.41) is 3.59. The van der Waals surface area contributed by atoms with Crippen molar-refractivity contribution in [3.63, 3.8) is 0 Å². The summed E-state index contributed by atoms with van der Waals surface area (Å²) in [6, 6.07) is 11.8. The zero-order chi connectivity index (χ0) is 20.7.